The molecule has 0 aromatic rings. The van der Waals surface area contributed by atoms with Gasteiger partial charge in [-0.25, -0.2) is 0 Å². The van der Waals surface area contributed by atoms with Gasteiger partial charge in [0.2, 0.25) is 0 Å². The third-order valence-electron chi connectivity index (χ3n) is 5.69. The lowest BCUT2D eigenvalue weighted by atomic mass is 10.0. The molecule has 2 saturated heterocycles. The summed E-state index contributed by atoms with van der Waals surface area (Å²) in [5.74, 6) is 0.915. The minimum Gasteiger partial charge on any atom is -0.379 e. The predicted molar refractivity (Wildman–Crippen MR) is 121 cm³/mol. The number of hydrogen-bond acceptors (Lipinski definition) is 4. The van der Waals surface area contributed by atoms with Gasteiger partial charge in [0.15, 0.2) is 5.96 Å². The van der Waals surface area contributed by atoms with Crippen LogP contribution >= 0.6 is 24.0 Å². The Morgan fingerprint density at radius 2 is 2.08 bits per heavy atom. The maximum Gasteiger partial charge on any atom is 0.191 e. The van der Waals surface area contributed by atoms with Gasteiger partial charge < -0.3 is 15.4 Å². The number of piperidine rings is 1. The first-order valence-corrected chi connectivity index (χ1v) is 10.2. The second-order valence-electron chi connectivity index (χ2n) is 7.48. The van der Waals surface area contributed by atoms with E-state index < -0.39 is 0 Å². The molecule has 3 unspecified atom stereocenters. The first-order valence-electron chi connectivity index (χ1n) is 10.2. The molecule has 154 valence electrons. The molecule has 3 atom stereocenters. The zero-order chi connectivity index (χ0) is 18.1. The Morgan fingerprint density at radius 1 is 1.27 bits per heavy atom. The monoisotopic (exact) mass is 481 g/mol. The van der Waals surface area contributed by atoms with Gasteiger partial charge in [-0.1, -0.05) is 13.3 Å². The Balaban J connectivity index is 0.00000338. The lowest BCUT2D eigenvalue weighted by molar-refractivity contribution is -0.0174. The fraction of sp³-hybridized carbons (Fsp3) is 0.947. The second-order valence-corrected chi connectivity index (χ2v) is 7.48. The van der Waals surface area contributed by atoms with Gasteiger partial charge in [-0.15, -0.1) is 24.0 Å². The molecule has 2 fully saturated rings. The fourth-order valence-corrected chi connectivity index (χ4v) is 4.11. The van der Waals surface area contributed by atoms with E-state index in [-0.39, 0.29) is 24.0 Å². The molecule has 2 heterocycles. The van der Waals surface area contributed by atoms with Crippen LogP contribution < -0.4 is 10.6 Å². The van der Waals surface area contributed by atoms with E-state index in [4.69, 9.17) is 4.74 Å². The SMILES string of the molecule is CCC1CCCCN1CCNC(=NC)NCC(C)N1CCOCC1C.I. The summed E-state index contributed by atoms with van der Waals surface area (Å²) in [5.41, 5.74) is 0. The Morgan fingerprint density at radius 3 is 2.77 bits per heavy atom. The van der Waals surface area contributed by atoms with Crippen molar-refractivity contribution in [3.05, 3.63) is 0 Å². The maximum absolute atomic E-state index is 5.53. The molecule has 0 saturated carbocycles. The Labute approximate surface area is 177 Å². The smallest absolute Gasteiger partial charge is 0.191 e. The van der Waals surface area contributed by atoms with Gasteiger partial charge in [-0.05, 0) is 39.7 Å². The highest BCUT2D eigenvalue weighted by atomic mass is 127. The number of guanidine groups is 1. The number of ether oxygens (including phenoxy) is 1. The summed E-state index contributed by atoms with van der Waals surface area (Å²) in [6.45, 7) is 13.8. The lowest BCUT2D eigenvalue weighted by Crippen LogP contribution is -2.53. The van der Waals surface area contributed by atoms with E-state index in [1.54, 1.807) is 0 Å². The van der Waals surface area contributed by atoms with Gasteiger partial charge in [-0.2, -0.15) is 0 Å². The molecule has 0 amide bonds. The van der Waals surface area contributed by atoms with Crippen LogP contribution in [0.25, 0.3) is 0 Å². The third kappa shape index (κ3) is 7.48. The molecule has 26 heavy (non-hydrogen) atoms. The number of hydrogen-bond donors (Lipinski definition) is 2. The molecule has 0 bridgehead atoms. The van der Waals surface area contributed by atoms with Crippen molar-refractivity contribution >= 4 is 29.9 Å². The lowest BCUT2D eigenvalue weighted by Gasteiger charge is -2.38. The summed E-state index contributed by atoms with van der Waals surface area (Å²) < 4.78 is 5.53. The molecule has 0 radical (unpaired) electrons. The van der Waals surface area contributed by atoms with Gasteiger partial charge in [0.1, 0.15) is 0 Å². The number of likely N-dealkylation sites (tertiary alicyclic amines) is 1. The summed E-state index contributed by atoms with van der Waals surface area (Å²) in [5, 5.41) is 6.97. The maximum atomic E-state index is 5.53. The van der Waals surface area contributed by atoms with Crippen molar-refractivity contribution in [1.29, 1.82) is 0 Å². The van der Waals surface area contributed by atoms with Gasteiger partial charge in [-0.3, -0.25) is 14.8 Å². The third-order valence-corrected chi connectivity index (χ3v) is 5.69. The second kappa shape index (κ2) is 13.1. The molecule has 7 heteroatoms. The van der Waals surface area contributed by atoms with Crippen molar-refractivity contribution in [3.63, 3.8) is 0 Å². The van der Waals surface area contributed by atoms with Crippen molar-refractivity contribution < 1.29 is 4.74 Å². The Hall–Kier alpha value is -0.120. The van der Waals surface area contributed by atoms with Crippen molar-refractivity contribution in [3.8, 4) is 0 Å². The Bertz CT molecular complexity index is 409. The molecule has 2 aliphatic heterocycles. The van der Waals surface area contributed by atoms with Crippen LogP contribution in [-0.4, -0.2) is 86.9 Å². The number of morpholine rings is 1. The fourth-order valence-electron chi connectivity index (χ4n) is 4.11. The molecular formula is C19H40IN5O. The highest BCUT2D eigenvalue weighted by Crippen LogP contribution is 2.18. The zero-order valence-electron chi connectivity index (χ0n) is 17.2. The van der Waals surface area contributed by atoms with Crippen molar-refractivity contribution in [2.75, 3.05) is 53.0 Å². The average Bonchev–Trinajstić information content (AvgIpc) is 2.65. The van der Waals surface area contributed by atoms with E-state index in [2.05, 4.69) is 46.2 Å². The summed E-state index contributed by atoms with van der Waals surface area (Å²) in [4.78, 5) is 9.54. The molecule has 2 rings (SSSR count). The van der Waals surface area contributed by atoms with Gasteiger partial charge in [0.25, 0.3) is 0 Å². The van der Waals surface area contributed by atoms with Gasteiger partial charge in [0, 0.05) is 51.4 Å². The minimum atomic E-state index is 0. The van der Waals surface area contributed by atoms with Gasteiger partial charge >= 0.3 is 0 Å². The van der Waals surface area contributed by atoms with E-state index in [0.29, 0.717) is 12.1 Å². The Kier molecular flexibility index (Phi) is 12.1. The van der Waals surface area contributed by atoms with Crippen LogP contribution in [0.3, 0.4) is 0 Å². The number of rotatable bonds is 7. The van der Waals surface area contributed by atoms with Gasteiger partial charge in [0.05, 0.1) is 13.2 Å². The number of nitrogens with zero attached hydrogens (tertiary/aromatic N) is 3. The predicted octanol–water partition coefficient (Wildman–Crippen LogP) is 2.14. The molecular weight excluding hydrogens is 441 g/mol. The standard InChI is InChI=1S/C19H39N5O.HI/c1-5-18-8-6-7-10-23(18)11-9-21-19(20-4)22-14-16(2)24-12-13-25-15-17(24)3;/h16-18H,5-15H2,1-4H3,(H2,20,21,22);1H. The molecule has 6 nitrogen and oxygen atoms in total. The first-order chi connectivity index (χ1) is 12.2. The van der Waals surface area contributed by atoms with E-state index in [1.165, 1.54) is 32.2 Å². The molecule has 0 spiro atoms. The first kappa shape index (κ1) is 23.9. The molecule has 0 aromatic carbocycles. The van der Waals surface area contributed by atoms with Crippen LogP contribution in [0.5, 0.6) is 0 Å². The van der Waals surface area contributed by atoms with Crippen LogP contribution in [0.1, 0.15) is 46.5 Å². The van der Waals surface area contributed by atoms with Crippen molar-refractivity contribution in [1.82, 2.24) is 20.4 Å². The van der Waals surface area contributed by atoms with Crippen molar-refractivity contribution in [2.24, 2.45) is 4.99 Å². The highest BCUT2D eigenvalue weighted by Gasteiger charge is 2.24. The number of halogens is 1. The molecule has 2 N–H and O–H groups in total. The quantitative estimate of drug-likeness (QED) is 0.332. The van der Waals surface area contributed by atoms with Crippen molar-refractivity contribution in [2.45, 2.75) is 64.6 Å². The van der Waals surface area contributed by atoms with E-state index >= 15 is 0 Å². The summed E-state index contributed by atoms with van der Waals surface area (Å²) >= 11 is 0. The van der Waals surface area contributed by atoms with Crippen LogP contribution in [-0.2, 0) is 4.74 Å². The normalized spacial score (nSPS) is 26.8. The van der Waals surface area contributed by atoms with E-state index in [9.17, 15) is 0 Å². The van der Waals surface area contributed by atoms with E-state index in [1.807, 2.05) is 7.05 Å². The minimum absolute atomic E-state index is 0. The van der Waals surface area contributed by atoms with E-state index in [0.717, 1.165) is 51.4 Å². The highest BCUT2D eigenvalue weighted by molar-refractivity contribution is 14.0. The van der Waals surface area contributed by atoms with Crippen LogP contribution in [0.2, 0.25) is 0 Å². The molecule has 0 aromatic heterocycles. The topological polar surface area (TPSA) is 52.1 Å². The van der Waals surface area contributed by atoms with Crippen LogP contribution in [0, 0.1) is 0 Å². The summed E-state index contributed by atoms with van der Waals surface area (Å²) in [6.07, 6.45) is 5.36. The summed E-state index contributed by atoms with van der Waals surface area (Å²) in [7, 11) is 1.85. The molecule has 0 aliphatic carbocycles. The average molecular weight is 481 g/mol. The zero-order valence-corrected chi connectivity index (χ0v) is 19.5. The molecule has 2 aliphatic rings. The van der Waals surface area contributed by atoms with Crippen LogP contribution in [0.4, 0.5) is 0 Å². The number of aliphatic imine (C=N–C) groups is 1. The number of nitrogens with one attached hydrogen (secondary N) is 2. The largest absolute Gasteiger partial charge is 0.379 e. The van der Waals surface area contributed by atoms with Crippen LogP contribution in [0.15, 0.2) is 4.99 Å². The summed E-state index contributed by atoms with van der Waals surface area (Å²) in [6, 6.07) is 1.74.